The zero-order valence-corrected chi connectivity index (χ0v) is 13.8. The van der Waals surface area contributed by atoms with Gasteiger partial charge in [0, 0.05) is 24.7 Å². The number of ether oxygens (including phenoxy) is 2. The summed E-state index contributed by atoms with van der Waals surface area (Å²) in [5, 5.41) is 0. The molecule has 1 aromatic heterocycles. The maximum Gasteiger partial charge on any atom is 0.155 e. The van der Waals surface area contributed by atoms with Crippen LogP contribution in [-0.4, -0.2) is 18.2 Å². The molecule has 2 N–H and O–H groups in total. The predicted molar refractivity (Wildman–Crippen MR) is 91.6 cm³/mol. The third kappa shape index (κ3) is 3.32. The molecule has 0 saturated carbocycles. The molecule has 0 amide bonds. The number of aromatic nitrogens is 1. The minimum atomic E-state index is -0.426. The number of anilines is 1. The Labute approximate surface area is 137 Å². The molecule has 2 aromatic rings. The third-order valence-electron chi connectivity index (χ3n) is 4.47. The molecular formula is C19H24N2O2. The number of benzene rings is 1. The molecule has 1 saturated heterocycles. The van der Waals surface area contributed by atoms with Crippen LogP contribution >= 0.6 is 0 Å². The average molecular weight is 312 g/mol. The Kier molecular flexibility index (Phi) is 4.53. The minimum Gasteiger partial charge on any atom is -0.481 e. The molecule has 3 rings (SSSR count). The number of nitrogen functional groups attached to an aromatic ring is 1. The van der Waals surface area contributed by atoms with E-state index in [0.29, 0.717) is 13.2 Å². The SMILES string of the molecule is CCc1cnc(C2(Oc3ccc(N)cc3)CCOCC2)c(C)c1. The number of aryl methyl sites for hydroxylation is 2. The molecule has 0 atom stereocenters. The van der Waals surface area contributed by atoms with Crippen LogP contribution in [0, 0.1) is 6.92 Å². The van der Waals surface area contributed by atoms with Gasteiger partial charge in [0.15, 0.2) is 5.60 Å². The van der Waals surface area contributed by atoms with E-state index in [1.54, 1.807) is 0 Å². The quantitative estimate of drug-likeness (QED) is 0.876. The van der Waals surface area contributed by atoms with Crippen LogP contribution in [0.5, 0.6) is 5.75 Å². The second-order valence-corrected chi connectivity index (χ2v) is 6.14. The molecule has 0 unspecified atom stereocenters. The van der Waals surface area contributed by atoms with Gasteiger partial charge in [-0.1, -0.05) is 13.0 Å². The summed E-state index contributed by atoms with van der Waals surface area (Å²) < 4.78 is 12.0. The summed E-state index contributed by atoms with van der Waals surface area (Å²) in [6.07, 6.45) is 4.56. The average Bonchev–Trinajstić information content (AvgIpc) is 2.57. The lowest BCUT2D eigenvalue weighted by atomic mass is 9.87. The highest BCUT2D eigenvalue weighted by Gasteiger charge is 2.39. The largest absolute Gasteiger partial charge is 0.481 e. The monoisotopic (exact) mass is 312 g/mol. The van der Waals surface area contributed by atoms with Gasteiger partial charge in [0.2, 0.25) is 0 Å². The fourth-order valence-electron chi connectivity index (χ4n) is 3.15. The van der Waals surface area contributed by atoms with Gasteiger partial charge in [-0.05, 0) is 48.7 Å². The standard InChI is InChI=1S/C19H24N2O2/c1-3-15-12-14(2)18(21-13-15)19(8-10-22-11-9-19)23-17-6-4-16(20)5-7-17/h4-7,12-13H,3,8-11,20H2,1-2H3. The predicted octanol–water partition coefficient (Wildman–Crippen LogP) is 3.62. The Hall–Kier alpha value is -2.07. The number of pyridine rings is 1. The highest BCUT2D eigenvalue weighted by Crippen LogP contribution is 2.38. The van der Waals surface area contributed by atoms with E-state index in [1.165, 1.54) is 11.1 Å². The van der Waals surface area contributed by atoms with Gasteiger partial charge < -0.3 is 15.2 Å². The van der Waals surface area contributed by atoms with Crippen LogP contribution in [0.25, 0.3) is 0 Å². The normalized spacial score (nSPS) is 17.0. The molecule has 0 radical (unpaired) electrons. The Morgan fingerprint density at radius 3 is 2.52 bits per heavy atom. The first-order valence-corrected chi connectivity index (χ1v) is 8.21. The highest BCUT2D eigenvalue weighted by molar-refractivity contribution is 5.42. The van der Waals surface area contributed by atoms with E-state index < -0.39 is 5.60 Å². The van der Waals surface area contributed by atoms with Crippen molar-refractivity contribution in [3.8, 4) is 5.75 Å². The van der Waals surface area contributed by atoms with Crippen molar-refractivity contribution in [3.63, 3.8) is 0 Å². The van der Waals surface area contributed by atoms with Gasteiger partial charge in [0.25, 0.3) is 0 Å². The fraction of sp³-hybridized carbons (Fsp3) is 0.421. The lowest BCUT2D eigenvalue weighted by Crippen LogP contribution is -2.40. The Balaban J connectivity index is 1.97. The second-order valence-electron chi connectivity index (χ2n) is 6.14. The Bertz CT molecular complexity index is 662. The van der Waals surface area contributed by atoms with Crippen molar-refractivity contribution in [1.82, 2.24) is 4.98 Å². The van der Waals surface area contributed by atoms with Gasteiger partial charge in [0.05, 0.1) is 18.9 Å². The summed E-state index contributed by atoms with van der Waals surface area (Å²) in [5.74, 6) is 0.821. The van der Waals surface area contributed by atoms with Gasteiger partial charge in [-0.25, -0.2) is 0 Å². The number of rotatable bonds is 4. The molecule has 23 heavy (non-hydrogen) atoms. The van der Waals surface area contributed by atoms with E-state index in [9.17, 15) is 0 Å². The molecule has 1 aromatic carbocycles. The Morgan fingerprint density at radius 1 is 1.22 bits per heavy atom. The summed E-state index contributed by atoms with van der Waals surface area (Å²) in [7, 11) is 0. The smallest absolute Gasteiger partial charge is 0.155 e. The first kappa shape index (κ1) is 15.8. The van der Waals surface area contributed by atoms with Gasteiger partial charge in [-0.15, -0.1) is 0 Å². The van der Waals surface area contributed by atoms with Crippen molar-refractivity contribution >= 4 is 5.69 Å². The maximum atomic E-state index is 6.44. The molecule has 1 fully saturated rings. The summed E-state index contributed by atoms with van der Waals surface area (Å²) in [6, 6.07) is 9.78. The van der Waals surface area contributed by atoms with Crippen LogP contribution in [0.4, 0.5) is 5.69 Å². The molecule has 0 bridgehead atoms. The van der Waals surface area contributed by atoms with E-state index in [-0.39, 0.29) is 0 Å². The van der Waals surface area contributed by atoms with Crippen molar-refractivity contribution in [2.75, 3.05) is 18.9 Å². The van der Waals surface area contributed by atoms with Crippen molar-refractivity contribution in [2.24, 2.45) is 0 Å². The van der Waals surface area contributed by atoms with E-state index in [2.05, 4.69) is 19.9 Å². The second kappa shape index (κ2) is 6.59. The number of hydrogen-bond acceptors (Lipinski definition) is 4. The van der Waals surface area contributed by atoms with Crippen molar-refractivity contribution in [1.29, 1.82) is 0 Å². The summed E-state index contributed by atoms with van der Waals surface area (Å²) in [5.41, 5.74) is 9.54. The maximum absolute atomic E-state index is 6.44. The van der Waals surface area contributed by atoms with E-state index in [1.807, 2.05) is 30.5 Å². The number of hydrogen-bond donors (Lipinski definition) is 1. The molecule has 0 spiro atoms. The zero-order valence-electron chi connectivity index (χ0n) is 13.8. The van der Waals surface area contributed by atoms with Crippen LogP contribution in [0.2, 0.25) is 0 Å². The lowest BCUT2D eigenvalue weighted by molar-refractivity contribution is -0.0530. The molecule has 1 aliphatic rings. The molecule has 0 aliphatic carbocycles. The van der Waals surface area contributed by atoms with Crippen LogP contribution < -0.4 is 10.5 Å². The van der Waals surface area contributed by atoms with Crippen molar-refractivity contribution < 1.29 is 9.47 Å². The summed E-state index contributed by atoms with van der Waals surface area (Å²) >= 11 is 0. The fourth-order valence-corrected chi connectivity index (χ4v) is 3.15. The summed E-state index contributed by atoms with van der Waals surface area (Å²) in [4.78, 5) is 4.75. The third-order valence-corrected chi connectivity index (χ3v) is 4.47. The van der Waals surface area contributed by atoms with E-state index in [4.69, 9.17) is 20.2 Å². The van der Waals surface area contributed by atoms with E-state index >= 15 is 0 Å². The van der Waals surface area contributed by atoms with Crippen LogP contribution in [-0.2, 0) is 16.8 Å². The number of nitrogens with zero attached hydrogens (tertiary/aromatic N) is 1. The van der Waals surface area contributed by atoms with Crippen LogP contribution in [0.3, 0.4) is 0 Å². The van der Waals surface area contributed by atoms with Gasteiger partial charge in [-0.3, -0.25) is 4.98 Å². The zero-order chi connectivity index (χ0) is 16.3. The molecule has 122 valence electrons. The summed E-state index contributed by atoms with van der Waals surface area (Å²) in [6.45, 7) is 5.63. The molecule has 4 heteroatoms. The van der Waals surface area contributed by atoms with Crippen molar-refractivity contribution in [2.45, 2.75) is 38.7 Å². The van der Waals surface area contributed by atoms with Gasteiger partial charge in [-0.2, -0.15) is 0 Å². The molecule has 2 heterocycles. The topological polar surface area (TPSA) is 57.4 Å². The number of nitrogens with two attached hydrogens (primary N) is 1. The van der Waals surface area contributed by atoms with Crippen LogP contribution in [0.1, 0.15) is 36.6 Å². The van der Waals surface area contributed by atoms with E-state index in [0.717, 1.165) is 36.4 Å². The van der Waals surface area contributed by atoms with Gasteiger partial charge in [0.1, 0.15) is 5.75 Å². The molecule has 1 aliphatic heterocycles. The minimum absolute atomic E-state index is 0.426. The Morgan fingerprint density at radius 2 is 1.91 bits per heavy atom. The first-order chi connectivity index (χ1) is 11.1. The molecule has 4 nitrogen and oxygen atoms in total. The van der Waals surface area contributed by atoms with Gasteiger partial charge >= 0.3 is 0 Å². The molecular weight excluding hydrogens is 288 g/mol. The first-order valence-electron chi connectivity index (χ1n) is 8.21. The lowest BCUT2D eigenvalue weighted by Gasteiger charge is -2.38. The van der Waals surface area contributed by atoms with Crippen LogP contribution in [0.15, 0.2) is 36.5 Å². The highest BCUT2D eigenvalue weighted by atomic mass is 16.5. The van der Waals surface area contributed by atoms with Crippen molar-refractivity contribution in [3.05, 3.63) is 53.3 Å².